The molecule has 0 radical (unpaired) electrons. The second-order valence-electron chi connectivity index (χ2n) is 4.25. The van der Waals surface area contributed by atoms with Crippen molar-refractivity contribution in [3.05, 3.63) is 30.1 Å². The number of hydrogen-bond acceptors (Lipinski definition) is 4. The lowest BCUT2D eigenvalue weighted by molar-refractivity contribution is 0.0722. The van der Waals surface area contributed by atoms with Gasteiger partial charge in [-0.05, 0) is 12.1 Å². The summed E-state index contributed by atoms with van der Waals surface area (Å²) in [6.07, 6.45) is -1.12. The van der Waals surface area contributed by atoms with Gasteiger partial charge in [0, 0.05) is 10.8 Å². The van der Waals surface area contributed by atoms with E-state index in [1.165, 1.54) is 6.07 Å². The Morgan fingerprint density at radius 3 is 2.70 bits per heavy atom. The van der Waals surface area contributed by atoms with E-state index in [4.69, 9.17) is 5.11 Å². The van der Waals surface area contributed by atoms with Crippen LogP contribution in [0.15, 0.2) is 24.3 Å². The van der Waals surface area contributed by atoms with Crippen molar-refractivity contribution in [3.63, 3.8) is 0 Å². The number of rotatable bonds is 6. The molecule has 20 heavy (non-hydrogen) atoms. The zero-order chi connectivity index (χ0) is 14.7. The fourth-order valence-corrected chi connectivity index (χ4v) is 3.03. The van der Waals surface area contributed by atoms with Crippen molar-refractivity contribution in [3.8, 4) is 0 Å². The Kier molecular flexibility index (Phi) is 4.79. The smallest absolute Gasteiger partial charge is 0.320 e. The molecule has 0 bridgehead atoms. The summed E-state index contributed by atoms with van der Waals surface area (Å²) in [6.45, 7) is -3.30. The zero-order valence-corrected chi connectivity index (χ0v) is 11.3. The van der Waals surface area contributed by atoms with Crippen molar-refractivity contribution in [2.24, 2.45) is 0 Å². The molecule has 110 valence electrons. The highest BCUT2D eigenvalue weighted by Crippen LogP contribution is 2.23. The normalized spacial score (nSPS) is 14.8. The van der Waals surface area contributed by atoms with Crippen LogP contribution < -0.4 is 0 Å². The van der Waals surface area contributed by atoms with Crippen molar-refractivity contribution >= 4 is 21.8 Å². The largest absolute Gasteiger partial charge is 0.394 e. The lowest BCUT2D eigenvalue weighted by Crippen LogP contribution is -2.22. The van der Waals surface area contributed by atoms with Gasteiger partial charge in [0.15, 0.2) is 0 Å². The van der Waals surface area contributed by atoms with Gasteiger partial charge in [-0.15, -0.1) is 0 Å². The maximum absolute atomic E-state index is 13.1. The lowest BCUT2D eigenvalue weighted by Gasteiger charge is -2.09. The number of alkyl halides is 2. The van der Waals surface area contributed by atoms with Crippen molar-refractivity contribution in [2.45, 2.75) is 18.4 Å². The van der Waals surface area contributed by atoms with Crippen LogP contribution in [0.2, 0.25) is 0 Å². The van der Waals surface area contributed by atoms with Crippen molar-refractivity contribution in [1.29, 1.82) is 0 Å². The van der Waals surface area contributed by atoms with Crippen LogP contribution in [0.25, 0.3) is 11.0 Å². The van der Waals surface area contributed by atoms with Crippen LogP contribution in [-0.4, -0.2) is 42.4 Å². The number of benzene rings is 1. The highest BCUT2D eigenvalue weighted by atomic mass is 32.2. The number of aliphatic hydroxyl groups is 2. The fraction of sp³-hybridized carbons (Fsp3) is 0.417. The van der Waals surface area contributed by atoms with Gasteiger partial charge in [0.1, 0.15) is 5.82 Å². The third-order valence-electron chi connectivity index (χ3n) is 2.74. The average Bonchev–Trinajstić information content (AvgIpc) is 2.75. The van der Waals surface area contributed by atoms with Gasteiger partial charge >= 0.3 is 6.55 Å². The molecule has 0 aliphatic rings. The molecule has 8 heteroatoms. The molecule has 5 nitrogen and oxygen atoms in total. The highest BCUT2D eigenvalue weighted by molar-refractivity contribution is 7.84. The summed E-state index contributed by atoms with van der Waals surface area (Å²) >= 11 is 0. The van der Waals surface area contributed by atoms with Crippen molar-refractivity contribution in [2.75, 3.05) is 12.4 Å². The summed E-state index contributed by atoms with van der Waals surface area (Å²) in [5.74, 6) is -0.372. The van der Waals surface area contributed by atoms with Crippen molar-refractivity contribution < 1.29 is 23.2 Å². The van der Waals surface area contributed by atoms with E-state index in [9.17, 15) is 18.1 Å². The number of aromatic nitrogens is 2. The van der Waals surface area contributed by atoms with Crippen LogP contribution >= 0.6 is 0 Å². The van der Waals surface area contributed by atoms with E-state index in [1.54, 1.807) is 18.2 Å². The monoisotopic (exact) mass is 304 g/mol. The Morgan fingerprint density at radius 1 is 1.35 bits per heavy atom. The molecule has 0 aliphatic heterocycles. The van der Waals surface area contributed by atoms with E-state index in [0.717, 1.165) is 4.57 Å². The Labute approximate surface area is 116 Å². The van der Waals surface area contributed by atoms with Gasteiger partial charge in [0.2, 0.25) is 0 Å². The SMILES string of the molecule is O=S(Cc1nc2ccccc2n1C(F)F)CC(O)CO. The average molecular weight is 304 g/mol. The number of aliphatic hydroxyl groups excluding tert-OH is 2. The molecule has 0 fully saturated rings. The van der Waals surface area contributed by atoms with Crippen molar-refractivity contribution in [1.82, 2.24) is 9.55 Å². The third-order valence-corrected chi connectivity index (χ3v) is 4.08. The molecule has 0 amide bonds. The molecule has 2 atom stereocenters. The van der Waals surface area contributed by atoms with E-state index < -0.39 is 30.1 Å². The van der Waals surface area contributed by atoms with Crippen LogP contribution in [-0.2, 0) is 16.6 Å². The maximum Gasteiger partial charge on any atom is 0.320 e. The molecule has 0 saturated carbocycles. The molecule has 0 spiro atoms. The number of nitrogens with zero attached hydrogens (tertiary/aromatic N) is 2. The topological polar surface area (TPSA) is 75.4 Å². The van der Waals surface area contributed by atoms with Gasteiger partial charge < -0.3 is 10.2 Å². The molecule has 2 N–H and O–H groups in total. The van der Waals surface area contributed by atoms with Crippen LogP contribution in [0.4, 0.5) is 8.78 Å². The number of halogens is 2. The maximum atomic E-state index is 13.1. The first-order valence-corrected chi connectivity index (χ1v) is 7.39. The predicted molar refractivity (Wildman–Crippen MR) is 70.8 cm³/mol. The van der Waals surface area contributed by atoms with Gasteiger partial charge in [-0.2, -0.15) is 8.78 Å². The quantitative estimate of drug-likeness (QED) is 0.836. The second kappa shape index (κ2) is 6.38. The molecule has 1 aromatic carbocycles. The number of hydrogen-bond donors (Lipinski definition) is 2. The zero-order valence-electron chi connectivity index (χ0n) is 10.4. The molecule has 1 aromatic heterocycles. The van der Waals surface area contributed by atoms with E-state index in [1.807, 2.05) is 0 Å². The summed E-state index contributed by atoms with van der Waals surface area (Å²) in [6, 6.07) is 6.42. The van der Waals surface area contributed by atoms with E-state index >= 15 is 0 Å². The first kappa shape index (κ1) is 15.0. The molecular formula is C12H14F2N2O3S. The third kappa shape index (κ3) is 3.20. The second-order valence-corrected chi connectivity index (χ2v) is 5.75. The summed E-state index contributed by atoms with van der Waals surface area (Å²) in [7, 11) is -1.58. The van der Waals surface area contributed by atoms with Crippen LogP contribution in [0, 0.1) is 0 Å². The molecule has 2 aromatic rings. The number of fused-ring (bicyclic) bond motifs is 1. The van der Waals surface area contributed by atoms with Gasteiger partial charge in [-0.1, -0.05) is 12.1 Å². The molecule has 2 rings (SSSR count). The highest BCUT2D eigenvalue weighted by Gasteiger charge is 2.20. The number of imidazole rings is 1. The number of para-hydroxylation sites is 2. The van der Waals surface area contributed by atoms with E-state index in [2.05, 4.69) is 4.98 Å². The van der Waals surface area contributed by atoms with E-state index in [0.29, 0.717) is 5.52 Å². The fourth-order valence-electron chi connectivity index (χ4n) is 1.88. The molecule has 0 saturated heterocycles. The van der Waals surface area contributed by atoms with E-state index in [-0.39, 0.29) is 22.8 Å². The standard InChI is InChI=1S/C12H14F2N2O3S/c13-12(14)16-10-4-2-1-3-9(10)15-11(16)7-20(19)6-8(18)5-17/h1-4,8,12,17-18H,5-7H2. The molecule has 2 unspecified atom stereocenters. The Bertz CT molecular complexity index is 618. The lowest BCUT2D eigenvalue weighted by atomic mass is 10.3. The minimum atomic E-state index is -2.78. The Balaban J connectivity index is 2.29. The minimum absolute atomic E-state index is 0.00433. The first-order valence-electron chi connectivity index (χ1n) is 5.90. The Hall–Kier alpha value is -1.38. The van der Waals surface area contributed by atoms with Gasteiger partial charge in [0.25, 0.3) is 0 Å². The van der Waals surface area contributed by atoms with Gasteiger partial charge in [-0.3, -0.25) is 8.78 Å². The van der Waals surface area contributed by atoms with Crippen LogP contribution in [0.1, 0.15) is 12.4 Å². The molecule has 1 heterocycles. The minimum Gasteiger partial charge on any atom is -0.394 e. The summed E-state index contributed by atoms with van der Waals surface area (Å²) in [4.78, 5) is 4.05. The predicted octanol–water partition coefficient (Wildman–Crippen LogP) is 1.03. The molecular weight excluding hydrogens is 290 g/mol. The van der Waals surface area contributed by atoms with Gasteiger partial charge in [-0.25, -0.2) is 4.98 Å². The summed E-state index contributed by atoms with van der Waals surface area (Å²) < 4.78 is 38.7. The first-order chi connectivity index (χ1) is 9.52. The Morgan fingerprint density at radius 2 is 2.05 bits per heavy atom. The summed E-state index contributed by atoms with van der Waals surface area (Å²) in [5, 5.41) is 17.9. The van der Waals surface area contributed by atoms with Crippen LogP contribution in [0.3, 0.4) is 0 Å². The molecule has 0 aliphatic carbocycles. The van der Waals surface area contributed by atoms with Gasteiger partial charge in [0.05, 0.1) is 35.2 Å². The van der Waals surface area contributed by atoms with Crippen LogP contribution in [0.5, 0.6) is 0 Å². The summed E-state index contributed by atoms with van der Waals surface area (Å²) in [5.41, 5.74) is 0.680.